The van der Waals surface area contributed by atoms with Gasteiger partial charge in [-0.05, 0) is 27.3 Å². The Kier molecular flexibility index (Phi) is 12.0. The summed E-state index contributed by atoms with van der Waals surface area (Å²) >= 11 is 7.65. The van der Waals surface area contributed by atoms with Crippen molar-refractivity contribution >= 4 is 83.4 Å². The predicted octanol–water partition coefficient (Wildman–Crippen LogP) is 5.22. The van der Waals surface area contributed by atoms with Gasteiger partial charge in [0.25, 0.3) is 0 Å². The SMILES string of the molecule is O=[N+]([O-])c1c[nH]c(Br)[s+]1.O=[N+]([O-])c1cnc(Br)s1.[Cl][Pt][Cl]. The second-order valence-electron chi connectivity index (χ2n) is 2.51. The van der Waals surface area contributed by atoms with Crippen LogP contribution >= 0.6 is 73.4 Å². The van der Waals surface area contributed by atoms with Gasteiger partial charge in [0, 0.05) is 15.9 Å². The first-order valence-electron chi connectivity index (χ1n) is 4.21. The van der Waals surface area contributed by atoms with Crippen LogP contribution in [0, 0.1) is 20.2 Å². The fourth-order valence-corrected chi connectivity index (χ4v) is 2.85. The molecule has 0 amide bonds. The van der Waals surface area contributed by atoms with Crippen molar-refractivity contribution in [2.45, 2.75) is 0 Å². The summed E-state index contributed by atoms with van der Waals surface area (Å²) in [7, 11) is 9.75. The fourth-order valence-electron chi connectivity index (χ4n) is 0.689. The normalized spacial score (nSPS) is 9.14. The van der Waals surface area contributed by atoms with Crippen molar-refractivity contribution in [2.75, 3.05) is 0 Å². The Morgan fingerprint density at radius 1 is 1.33 bits per heavy atom. The van der Waals surface area contributed by atoms with E-state index in [1.165, 1.54) is 12.4 Å². The zero-order chi connectivity index (χ0) is 16.4. The van der Waals surface area contributed by atoms with Gasteiger partial charge in [-0.3, -0.25) is 25.2 Å². The van der Waals surface area contributed by atoms with E-state index in [0.29, 0.717) is 7.83 Å². The number of H-pyrrole nitrogens is 1. The van der Waals surface area contributed by atoms with Crippen LogP contribution in [0.3, 0.4) is 0 Å². The number of nitrogens with one attached hydrogen (secondary N) is 1. The molecule has 0 aliphatic carbocycles. The molecule has 0 fully saturated rings. The molecule has 21 heavy (non-hydrogen) atoms. The Hall–Kier alpha value is 0.288. The molecular weight excluding hydrogens is 682 g/mol. The van der Waals surface area contributed by atoms with Crippen LogP contribution in [0.2, 0.25) is 0 Å². The molecule has 0 aromatic carbocycles. The summed E-state index contributed by atoms with van der Waals surface area (Å²) in [4.78, 5) is 25.3. The number of halogens is 4. The quantitative estimate of drug-likeness (QED) is 0.265. The van der Waals surface area contributed by atoms with Gasteiger partial charge in [0.1, 0.15) is 17.3 Å². The maximum atomic E-state index is 9.99. The summed E-state index contributed by atoms with van der Waals surface area (Å²) < 4.78 is 1.20. The molecule has 2 heterocycles. The Labute approximate surface area is 158 Å². The van der Waals surface area contributed by atoms with E-state index in [4.69, 9.17) is 18.8 Å². The zero-order valence-corrected chi connectivity index (χ0v) is 17.9. The molecule has 2 aromatic heterocycles. The Morgan fingerprint density at radius 2 is 1.90 bits per heavy atom. The molecule has 0 atom stereocenters. The first kappa shape index (κ1) is 21.3. The Morgan fingerprint density at radius 3 is 2.10 bits per heavy atom. The number of thiazole rings is 2. The van der Waals surface area contributed by atoms with E-state index in [9.17, 15) is 20.2 Å². The first-order valence-corrected chi connectivity index (χ1v) is 13.1. The molecule has 0 radical (unpaired) electrons. The number of aromatic amines is 1. The number of hydrogen-bond donors (Lipinski definition) is 1. The van der Waals surface area contributed by atoms with Crippen LogP contribution < -0.4 is 0 Å². The second kappa shape index (κ2) is 11.8. The van der Waals surface area contributed by atoms with E-state index in [1.54, 1.807) is 0 Å². The van der Waals surface area contributed by atoms with E-state index >= 15 is 0 Å². The molecule has 0 saturated carbocycles. The van der Waals surface area contributed by atoms with Crippen molar-refractivity contribution in [1.82, 2.24) is 9.97 Å². The second-order valence-corrected chi connectivity index (χ2v) is 10.4. The van der Waals surface area contributed by atoms with Crippen LogP contribution in [-0.4, -0.2) is 19.8 Å². The van der Waals surface area contributed by atoms with Crippen LogP contribution in [0.1, 0.15) is 0 Å². The molecule has 120 valence electrons. The zero-order valence-electron chi connectivity index (χ0n) is 9.27. The molecular formula is C6H3Br2Cl2N4O4PtS2+. The van der Waals surface area contributed by atoms with Crippen molar-refractivity contribution in [3.63, 3.8) is 0 Å². The van der Waals surface area contributed by atoms with Crippen LogP contribution in [0.25, 0.3) is 0 Å². The van der Waals surface area contributed by atoms with Crippen molar-refractivity contribution in [1.29, 1.82) is 0 Å². The average Bonchev–Trinajstić information content (AvgIpc) is 3.00. The van der Waals surface area contributed by atoms with Crippen molar-refractivity contribution in [3.05, 3.63) is 40.5 Å². The third-order valence-electron chi connectivity index (χ3n) is 1.33. The van der Waals surface area contributed by atoms with Gasteiger partial charge in [0.05, 0.1) is 4.92 Å². The number of nitro groups is 2. The number of aromatic nitrogens is 2. The van der Waals surface area contributed by atoms with Crippen molar-refractivity contribution < 1.29 is 26.3 Å². The third kappa shape index (κ3) is 9.82. The molecule has 2 rings (SSSR count). The monoisotopic (exact) mass is 682 g/mol. The maximum absolute atomic E-state index is 9.99. The molecule has 2 aromatic rings. The minimum absolute atomic E-state index is 0.0573. The van der Waals surface area contributed by atoms with Gasteiger partial charge >= 0.3 is 60.6 Å². The van der Waals surface area contributed by atoms with Gasteiger partial charge in [-0.25, -0.2) is 4.98 Å². The molecule has 0 spiro atoms. The van der Waals surface area contributed by atoms with Gasteiger partial charge in [0.15, 0.2) is 3.92 Å². The van der Waals surface area contributed by atoms with E-state index in [0.717, 1.165) is 22.7 Å². The first-order chi connectivity index (χ1) is 9.81. The molecule has 0 aliphatic rings. The summed E-state index contributed by atoms with van der Waals surface area (Å²) in [6.07, 6.45) is 2.56. The Bertz CT molecular complexity index is 551. The topological polar surface area (TPSA) is 115 Å². The van der Waals surface area contributed by atoms with E-state index < -0.39 is 26.3 Å². The van der Waals surface area contributed by atoms with Gasteiger partial charge < -0.3 is 0 Å². The predicted molar refractivity (Wildman–Crippen MR) is 85.6 cm³/mol. The molecule has 8 nitrogen and oxygen atoms in total. The van der Waals surface area contributed by atoms with Crippen LogP contribution in [0.5, 0.6) is 0 Å². The molecule has 0 unspecified atom stereocenters. The minimum atomic E-state index is -0.472. The summed E-state index contributed by atoms with van der Waals surface area (Å²) in [5, 5.41) is 20.1. The average molecular weight is 685 g/mol. The standard InChI is InChI=1S/C3H2BrN2O2S.C3HBrN2O2S.2ClH.Pt/c2*4-3-5-1-2(9-3)6(7)8;;;/h1,5H;1H;2*1H;/q+1;;;;+2/p-2. The van der Waals surface area contributed by atoms with E-state index in [2.05, 4.69) is 41.8 Å². The summed E-state index contributed by atoms with van der Waals surface area (Å²) in [5.74, 6) is 0. The van der Waals surface area contributed by atoms with Gasteiger partial charge in [0.2, 0.25) is 0 Å². The number of rotatable bonds is 2. The molecule has 15 heteroatoms. The van der Waals surface area contributed by atoms with Crippen LogP contribution in [0.15, 0.2) is 20.2 Å². The molecule has 0 saturated heterocycles. The molecule has 0 bridgehead atoms. The fraction of sp³-hybridized carbons (Fsp3) is 0. The van der Waals surface area contributed by atoms with Crippen molar-refractivity contribution in [3.8, 4) is 0 Å². The molecule has 1 N–H and O–H groups in total. The van der Waals surface area contributed by atoms with Gasteiger partial charge in [-0.2, -0.15) is 0 Å². The van der Waals surface area contributed by atoms with Gasteiger partial charge in [-0.1, -0.05) is 0 Å². The van der Waals surface area contributed by atoms with Gasteiger partial charge in [-0.15, -0.1) is 0 Å². The summed E-state index contributed by atoms with van der Waals surface area (Å²) in [6.45, 7) is 0. The summed E-state index contributed by atoms with van der Waals surface area (Å²) in [5.41, 5.74) is 0. The summed E-state index contributed by atoms with van der Waals surface area (Å²) in [6, 6.07) is 0. The third-order valence-corrected chi connectivity index (χ3v) is 4.24. The van der Waals surface area contributed by atoms with E-state index in [1.807, 2.05) is 0 Å². The van der Waals surface area contributed by atoms with Crippen LogP contribution in [-0.2, 0) is 16.5 Å². The van der Waals surface area contributed by atoms with Crippen molar-refractivity contribution in [2.24, 2.45) is 0 Å². The van der Waals surface area contributed by atoms with Crippen LogP contribution in [0.4, 0.5) is 10.0 Å². The molecule has 0 aliphatic heterocycles. The Balaban J connectivity index is 0.000000322. The van der Waals surface area contributed by atoms with E-state index in [-0.39, 0.29) is 10.0 Å². The number of hydrogen-bond acceptors (Lipinski definition) is 6. The number of nitrogens with zero attached hydrogens (tertiary/aromatic N) is 3.